The van der Waals surface area contributed by atoms with Crippen molar-refractivity contribution < 1.29 is 22.8 Å². The number of carbonyl (C=O) groups is 2. The lowest BCUT2D eigenvalue weighted by atomic mass is 9.97. The Balaban J connectivity index is 2.47. The molecule has 1 aromatic rings. The van der Waals surface area contributed by atoms with Gasteiger partial charge in [0.05, 0.1) is 17.7 Å². The smallest absolute Gasteiger partial charge is 0.332 e. The summed E-state index contributed by atoms with van der Waals surface area (Å²) in [5.74, 6) is -0.657. The molecule has 0 atom stereocenters. The van der Waals surface area contributed by atoms with Crippen LogP contribution < -0.4 is 10.2 Å². The zero-order valence-electron chi connectivity index (χ0n) is 10.9. The highest BCUT2D eigenvalue weighted by Crippen LogP contribution is 2.37. The summed E-state index contributed by atoms with van der Waals surface area (Å²) >= 11 is 0. The molecule has 20 heavy (non-hydrogen) atoms. The molecule has 1 saturated heterocycles. The summed E-state index contributed by atoms with van der Waals surface area (Å²) in [6, 6.07) is 3.67. The van der Waals surface area contributed by atoms with Gasteiger partial charge >= 0.3 is 12.2 Å². The van der Waals surface area contributed by atoms with E-state index >= 15 is 0 Å². The number of anilines is 1. The molecule has 0 aliphatic carbocycles. The molecule has 0 aromatic heterocycles. The van der Waals surface area contributed by atoms with Crippen molar-refractivity contribution in [2.24, 2.45) is 0 Å². The van der Waals surface area contributed by atoms with Crippen LogP contribution in [-0.2, 0) is 11.0 Å². The number of urea groups is 1. The minimum absolute atomic E-state index is 0.0646. The molecular weight excluding hydrogens is 273 g/mol. The van der Waals surface area contributed by atoms with Gasteiger partial charge in [-0.3, -0.25) is 4.79 Å². The molecular formula is C13H13F3N2O2. The maximum atomic E-state index is 12.9. The lowest BCUT2D eigenvalue weighted by Gasteiger charge is -2.36. The van der Waals surface area contributed by atoms with Crippen LogP contribution in [0.4, 0.5) is 23.7 Å². The minimum Gasteiger partial charge on any atom is -0.332 e. The van der Waals surface area contributed by atoms with Crippen molar-refractivity contribution in [3.8, 4) is 0 Å². The summed E-state index contributed by atoms with van der Waals surface area (Å²) < 4.78 is 38.8. The summed E-state index contributed by atoms with van der Waals surface area (Å²) in [5.41, 5.74) is -2.22. The Bertz CT molecular complexity index is 547. The highest BCUT2D eigenvalue weighted by atomic mass is 19.4. The van der Waals surface area contributed by atoms with Gasteiger partial charge in [0, 0.05) is 5.54 Å². The van der Waals surface area contributed by atoms with Gasteiger partial charge in [0.2, 0.25) is 5.91 Å². The van der Waals surface area contributed by atoms with E-state index in [4.69, 9.17) is 0 Å². The fourth-order valence-corrected chi connectivity index (χ4v) is 2.11. The molecule has 7 heteroatoms. The number of nitrogens with zero attached hydrogens (tertiary/aromatic N) is 1. The van der Waals surface area contributed by atoms with Gasteiger partial charge in [0.15, 0.2) is 0 Å². The Morgan fingerprint density at radius 2 is 1.80 bits per heavy atom. The SMILES string of the molecule is CC1(C)CC(=O)N(c2ccccc2C(F)(F)F)C(=O)N1. The maximum absolute atomic E-state index is 12.9. The molecule has 1 fully saturated rings. The van der Waals surface area contributed by atoms with E-state index in [9.17, 15) is 22.8 Å². The van der Waals surface area contributed by atoms with Gasteiger partial charge in [-0.25, -0.2) is 9.69 Å². The van der Waals surface area contributed by atoms with Crippen molar-refractivity contribution in [3.05, 3.63) is 29.8 Å². The van der Waals surface area contributed by atoms with E-state index in [0.717, 1.165) is 12.1 Å². The van der Waals surface area contributed by atoms with Crippen LogP contribution in [0.1, 0.15) is 25.8 Å². The van der Waals surface area contributed by atoms with Crippen LogP contribution in [0.3, 0.4) is 0 Å². The normalized spacial score (nSPS) is 18.9. The first-order valence-corrected chi connectivity index (χ1v) is 5.93. The third kappa shape index (κ3) is 2.61. The van der Waals surface area contributed by atoms with Crippen LogP contribution in [0.25, 0.3) is 0 Å². The van der Waals surface area contributed by atoms with Crippen molar-refractivity contribution in [1.29, 1.82) is 0 Å². The summed E-state index contributed by atoms with van der Waals surface area (Å²) in [6.45, 7) is 3.27. The number of imide groups is 1. The Morgan fingerprint density at radius 1 is 1.20 bits per heavy atom. The van der Waals surface area contributed by atoms with Gasteiger partial charge in [-0.05, 0) is 26.0 Å². The molecule has 2 rings (SSSR count). The molecule has 1 heterocycles. The molecule has 0 saturated carbocycles. The van der Waals surface area contributed by atoms with Crippen LogP contribution in [0.2, 0.25) is 0 Å². The van der Waals surface area contributed by atoms with Gasteiger partial charge in [0.25, 0.3) is 0 Å². The number of hydrogen-bond acceptors (Lipinski definition) is 2. The molecule has 1 aromatic carbocycles. The first kappa shape index (κ1) is 14.4. The first-order valence-electron chi connectivity index (χ1n) is 5.93. The number of hydrogen-bond donors (Lipinski definition) is 1. The van der Waals surface area contributed by atoms with Gasteiger partial charge in [-0.1, -0.05) is 12.1 Å². The molecule has 0 spiro atoms. The number of para-hydroxylation sites is 1. The quantitative estimate of drug-likeness (QED) is 0.863. The second-order valence-electron chi connectivity index (χ2n) is 5.23. The summed E-state index contributed by atoms with van der Waals surface area (Å²) in [4.78, 5) is 24.5. The largest absolute Gasteiger partial charge is 0.418 e. The maximum Gasteiger partial charge on any atom is 0.418 e. The molecule has 0 bridgehead atoms. The zero-order valence-corrected chi connectivity index (χ0v) is 10.9. The molecule has 1 N–H and O–H groups in total. The number of rotatable bonds is 1. The van der Waals surface area contributed by atoms with Crippen LogP contribution in [-0.4, -0.2) is 17.5 Å². The van der Waals surface area contributed by atoms with Crippen molar-refractivity contribution >= 4 is 17.6 Å². The van der Waals surface area contributed by atoms with E-state index in [2.05, 4.69) is 5.32 Å². The number of benzene rings is 1. The van der Waals surface area contributed by atoms with Crippen LogP contribution in [0.15, 0.2) is 24.3 Å². The van der Waals surface area contributed by atoms with Crippen molar-refractivity contribution in [2.75, 3.05) is 4.90 Å². The van der Waals surface area contributed by atoms with Crippen molar-refractivity contribution in [1.82, 2.24) is 5.32 Å². The highest BCUT2D eigenvalue weighted by molar-refractivity contribution is 6.16. The molecule has 1 aliphatic heterocycles. The minimum atomic E-state index is -4.63. The van der Waals surface area contributed by atoms with Gasteiger partial charge < -0.3 is 5.32 Å². The molecule has 108 valence electrons. The number of amides is 3. The summed E-state index contributed by atoms with van der Waals surface area (Å²) in [6.07, 6.45) is -4.70. The predicted octanol–water partition coefficient (Wildman–Crippen LogP) is 2.93. The number of nitrogens with one attached hydrogen (secondary N) is 1. The first-order chi connectivity index (χ1) is 9.12. The third-order valence-electron chi connectivity index (χ3n) is 2.94. The molecule has 4 nitrogen and oxygen atoms in total. The Kier molecular flexibility index (Phi) is 3.23. The summed E-state index contributed by atoms with van der Waals surface area (Å²) in [7, 11) is 0. The molecule has 0 unspecified atom stereocenters. The fraction of sp³-hybridized carbons (Fsp3) is 0.385. The van der Waals surface area contributed by atoms with Gasteiger partial charge in [-0.15, -0.1) is 0 Å². The zero-order chi connectivity index (χ0) is 15.1. The Hall–Kier alpha value is -2.05. The van der Waals surface area contributed by atoms with E-state index in [1.165, 1.54) is 12.1 Å². The second-order valence-corrected chi connectivity index (χ2v) is 5.23. The number of alkyl halides is 3. The van der Waals surface area contributed by atoms with Crippen LogP contribution in [0, 0.1) is 0 Å². The number of halogens is 3. The molecule has 0 radical (unpaired) electrons. The summed E-state index contributed by atoms with van der Waals surface area (Å²) in [5, 5.41) is 2.51. The number of carbonyl (C=O) groups excluding carboxylic acids is 2. The van der Waals surface area contributed by atoms with E-state index in [1.807, 2.05) is 0 Å². The van der Waals surface area contributed by atoms with E-state index in [0.29, 0.717) is 4.90 Å². The van der Waals surface area contributed by atoms with Crippen molar-refractivity contribution in [3.63, 3.8) is 0 Å². The van der Waals surface area contributed by atoms with Crippen LogP contribution >= 0.6 is 0 Å². The predicted molar refractivity (Wildman–Crippen MR) is 66.2 cm³/mol. The Morgan fingerprint density at radius 3 is 2.35 bits per heavy atom. The fourth-order valence-electron chi connectivity index (χ4n) is 2.11. The highest BCUT2D eigenvalue weighted by Gasteiger charge is 2.42. The van der Waals surface area contributed by atoms with E-state index in [-0.39, 0.29) is 6.42 Å². The topological polar surface area (TPSA) is 49.4 Å². The van der Waals surface area contributed by atoms with E-state index in [1.54, 1.807) is 13.8 Å². The standard InChI is InChI=1S/C13H13F3N2O2/c1-12(2)7-10(19)18(11(20)17-12)9-6-4-3-5-8(9)13(14,15)16/h3-6H,7H2,1-2H3,(H,17,20). The third-order valence-corrected chi connectivity index (χ3v) is 2.94. The van der Waals surface area contributed by atoms with E-state index < -0.39 is 34.9 Å². The molecule has 3 amide bonds. The monoisotopic (exact) mass is 286 g/mol. The van der Waals surface area contributed by atoms with Crippen LogP contribution in [0.5, 0.6) is 0 Å². The van der Waals surface area contributed by atoms with Gasteiger partial charge in [-0.2, -0.15) is 13.2 Å². The van der Waals surface area contributed by atoms with Crippen molar-refractivity contribution in [2.45, 2.75) is 32.0 Å². The molecule has 1 aliphatic rings. The Labute approximate surface area is 113 Å². The average molecular weight is 286 g/mol. The lowest BCUT2D eigenvalue weighted by molar-refractivity contribution is -0.137. The lowest BCUT2D eigenvalue weighted by Crippen LogP contribution is -2.60. The van der Waals surface area contributed by atoms with Gasteiger partial charge in [0.1, 0.15) is 0 Å². The average Bonchev–Trinajstić information content (AvgIpc) is 2.25. The second kappa shape index (κ2) is 4.50.